The minimum atomic E-state index is -3.24. The molecule has 23 heavy (non-hydrogen) atoms. The molecule has 0 aromatic carbocycles. The fourth-order valence-corrected chi connectivity index (χ4v) is 5.42. The highest BCUT2D eigenvalue weighted by molar-refractivity contribution is 7.92. The number of fused-ring (bicyclic) bond motifs is 3. The van der Waals surface area contributed by atoms with Gasteiger partial charge >= 0.3 is 0 Å². The van der Waals surface area contributed by atoms with Crippen molar-refractivity contribution in [1.82, 2.24) is 15.2 Å². The second-order valence-corrected chi connectivity index (χ2v) is 9.66. The van der Waals surface area contributed by atoms with Crippen molar-refractivity contribution >= 4 is 37.2 Å². The first-order valence-corrected chi connectivity index (χ1v) is 10.2. The van der Waals surface area contributed by atoms with Crippen molar-refractivity contribution < 1.29 is 13.2 Å². The van der Waals surface area contributed by atoms with Gasteiger partial charge in [-0.1, -0.05) is 0 Å². The van der Waals surface area contributed by atoms with Gasteiger partial charge in [0, 0.05) is 41.7 Å². The Labute approximate surface area is 138 Å². The summed E-state index contributed by atoms with van der Waals surface area (Å²) < 4.78 is 24.3. The number of nitrogens with one attached hydrogen (secondary N) is 1. The third kappa shape index (κ3) is 2.75. The lowest BCUT2D eigenvalue weighted by Crippen LogP contribution is -2.43. The third-order valence-electron chi connectivity index (χ3n) is 4.63. The molecule has 0 saturated carbocycles. The van der Waals surface area contributed by atoms with Gasteiger partial charge in [0.2, 0.25) is 0 Å². The predicted octanol–water partition coefficient (Wildman–Crippen LogP) is 1.13. The number of sulfone groups is 1. The number of nitrogens with zero attached hydrogens (tertiary/aromatic N) is 2. The molecule has 4 rings (SSSR count). The summed E-state index contributed by atoms with van der Waals surface area (Å²) in [5.74, 6) is 0.362. The van der Waals surface area contributed by atoms with Gasteiger partial charge in [0.25, 0.3) is 5.91 Å². The summed E-state index contributed by atoms with van der Waals surface area (Å²) in [6.07, 6.45) is 3.89. The summed E-state index contributed by atoms with van der Waals surface area (Å²) in [5, 5.41) is 3.82. The molecule has 1 N–H and O–H groups in total. The van der Waals surface area contributed by atoms with Gasteiger partial charge in [-0.2, -0.15) is 0 Å². The predicted molar refractivity (Wildman–Crippen MR) is 88.5 cm³/mol. The molecule has 0 aliphatic carbocycles. The Bertz CT molecular complexity index is 891. The van der Waals surface area contributed by atoms with Gasteiger partial charge in [-0.3, -0.25) is 9.78 Å². The van der Waals surface area contributed by atoms with Crippen LogP contribution < -0.4 is 5.32 Å². The van der Waals surface area contributed by atoms with Gasteiger partial charge < -0.3 is 10.2 Å². The van der Waals surface area contributed by atoms with Gasteiger partial charge in [0.15, 0.2) is 9.84 Å². The summed E-state index contributed by atoms with van der Waals surface area (Å²) in [7, 11) is -3.24. The molecule has 8 heteroatoms. The molecule has 122 valence electrons. The normalized spacial score (nSPS) is 26.7. The summed E-state index contributed by atoms with van der Waals surface area (Å²) in [4.78, 5) is 19.0. The van der Waals surface area contributed by atoms with E-state index < -0.39 is 9.84 Å². The maximum absolute atomic E-state index is 12.4. The van der Waals surface area contributed by atoms with Crippen molar-refractivity contribution in [3.63, 3.8) is 0 Å². The fraction of sp³-hybridized carbons (Fsp3) is 0.467. The van der Waals surface area contributed by atoms with Crippen molar-refractivity contribution in [3.05, 3.63) is 24.0 Å². The lowest BCUT2D eigenvalue weighted by Gasteiger charge is -2.22. The van der Waals surface area contributed by atoms with Crippen LogP contribution in [0.3, 0.4) is 0 Å². The number of rotatable bonds is 3. The summed E-state index contributed by atoms with van der Waals surface area (Å²) in [6.45, 7) is 3.11. The molecule has 4 heterocycles. The number of aromatic nitrogens is 1. The number of amides is 1. The quantitative estimate of drug-likeness (QED) is 0.897. The minimum absolute atomic E-state index is 0.181. The van der Waals surface area contributed by atoms with Gasteiger partial charge in [-0.05, 0) is 31.0 Å². The van der Waals surface area contributed by atoms with Crippen LogP contribution in [0.25, 0.3) is 10.1 Å². The Morgan fingerprint density at radius 3 is 2.87 bits per heavy atom. The molecule has 2 saturated heterocycles. The fourth-order valence-electron chi connectivity index (χ4n) is 3.41. The highest BCUT2D eigenvalue weighted by Gasteiger charge is 2.38. The molecule has 2 aromatic rings. The van der Waals surface area contributed by atoms with Crippen molar-refractivity contribution in [3.8, 4) is 0 Å². The first-order valence-electron chi connectivity index (χ1n) is 7.53. The SMILES string of the molecule is CS(=O)(=O)c1cc2cnc(C(=O)NC3CN4CC[C@H]3C4)cc2s1. The summed E-state index contributed by atoms with van der Waals surface area (Å²) in [5.41, 5.74) is 0.345. The first kappa shape index (κ1) is 15.0. The Hall–Kier alpha value is -1.51. The number of carbonyl (C=O) groups excluding carboxylic acids is 1. The van der Waals surface area contributed by atoms with Crippen LogP contribution in [0.2, 0.25) is 0 Å². The van der Waals surface area contributed by atoms with Gasteiger partial charge in [-0.15, -0.1) is 11.3 Å². The minimum Gasteiger partial charge on any atom is -0.346 e. The van der Waals surface area contributed by atoms with Crippen LogP contribution in [0.4, 0.5) is 0 Å². The Morgan fingerprint density at radius 1 is 1.39 bits per heavy atom. The lowest BCUT2D eigenvalue weighted by molar-refractivity contribution is 0.0919. The molecule has 0 spiro atoms. The molecule has 2 aliphatic heterocycles. The van der Waals surface area contributed by atoms with E-state index in [1.54, 1.807) is 18.3 Å². The van der Waals surface area contributed by atoms with Crippen LogP contribution >= 0.6 is 11.3 Å². The van der Waals surface area contributed by atoms with Crippen molar-refractivity contribution in [2.75, 3.05) is 25.9 Å². The average molecular weight is 351 g/mol. The summed E-state index contributed by atoms with van der Waals surface area (Å²) >= 11 is 1.17. The topological polar surface area (TPSA) is 79.4 Å². The van der Waals surface area contributed by atoms with E-state index >= 15 is 0 Å². The zero-order chi connectivity index (χ0) is 16.2. The van der Waals surface area contributed by atoms with E-state index in [1.807, 2.05) is 0 Å². The van der Waals surface area contributed by atoms with E-state index in [0.717, 1.165) is 36.1 Å². The Balaban J connectivity index is 1.57. The number of pyridine rings is 1. The van der Waals surface area contributed by atoms with E-state index in [-0.39, 0.29) is 11.9 Å². The third-order valence-corrected chi connectivity index (χ3v) is 7.53. The Morgan fingerprint density at radius 2 is 2.22 bits per heavy atom. The van der Waals surface area contributed by atoms with E-state index in [4.69, 9.17) is 0 Å². The molecule has 2 aromatic heterocycles. The molecule has 2 aliphatic rings. The standard InChI is InChI=1S/C15H17N3O3S2/c1-23(20,21)14-4-10-6-16-11(5-13(10)22-14)15(19)17-12-8-18-3-2-9(12)7-18/h4-6,9,12H,2-3,7-8H2,1H3,(H,17,19)/t9-,12?/m0/s1. The summed E-state index contributed by atoms with van der Waals surface area (Å²) in [6, 6.07) is 3.48. The van der Waals surface area contributed by atoms with Crippen LogP contribution in [-0.2, 0) is 9.84 Å². The molecular weight excluding hydrogens is 334 g/mol. The molecule has 1 amide bonds. The smallest absolute Gasteiger partial charge is 0.270 e. The number of hydrogen-bond donors (Lipinski definition) is 1. The lowest BCUT2D eigenvalue weighted by atomic mass is 10.00. The molecule has 2 unspecified atom stereocenters. The largest absolute Gasteiger partial charge is 0.346 e. The highest BCUT2D eigenvalue weighted by atomic mass is 32.2. The monoisotopic (exact) mass is 351 g/mol. The average Bonchev–Trinajstić information content (AvgIpc) is 3.20. The molecular formula is C15H17N3O3S2. The zero-order valence-electron chi connectivity index (χ0n) is 12.7. The molecule has 6 nitrogen and oxygen atoms in total. The van der Waals surface area contributed by atoms with Gasteiger partial charge in [0.05, 0.1) is 0 Å². The number of thiophene rings is 1. The molecule has 2 fully saturated rings. The first-order chi connectivity index (χ1) is 10.9. The van der Waals surface area contributed by atoms with Gasteiger partial charge in [-0.25, -0.2) is 8.42 Å². The highest BCUT2D eigenvalue weighted by Crippen LogP contribution is 2.30. The van der Waals surface area contributed by atoms with Crippen molar-refractivity contribution in [1.29, 1.82) is 0 Å². The number of piperidine rings is 1. The van der Waals surface area contributed by atoms with Crippen LogP contribution in [-0.4, -0.2) is 56.1 Å². The second kappa shape index (κ2) is 5.25. The van der Waals surface area contributed by atoms with Crippen molar-refractivity contribution in [2.45, 2.75) is 16.7 Å². The van der Waals surface area contributed by atoms with Crippen LogP contribution in [0.15, 0.2) is 22.5 Å². The Kier molecular flexibility index (Phi) is 3.44. The number of hydrogen-bond acceptors (Lipinski definition) is 6. The second-order valence-electron chi connectivity index (χ2n) is 6.33. The van der Waals surface area contributed by atoms with E-state index in [9.17, 15) is 13.2 Å². The van der Waals surface area contributed by atoms with Crippen LogP contribution in [0.1, 0.15) is 16.9 Å². The van der Waals surface area contributed by atoms with Crippen molar-refractivity contribution in [2.24, 2.45) is 5.92 Å². The van der Waals surface area contributed by atoms with E-state index in [2.05, 4.69) is 15.2 Å². The van der Waals surface area contributed by atoms with E-state index in [0.29, 0.717) is 15.8 Å². The van der Waals surface area contributed by atoms with Gasteiger partial charge in [0.1, 0.15) is 9.90 Å². The zero-order valence-corrected chi connectivity index (χ0v) is 14.3. The maximum Gasteiger partial charge on any atom is 0.270 e. The molecule has 2 bridgehead atoms. The van der Waals surface area contributed by atoms with Crippen LogP contribution in [0.5, 0.6) is 0 Å². The van der Waals surface area contributed by atoms with Crippen LogP contribution in [0, 0.1) is 5.92 Å². The molecule has 3 atom stereocenters. The molecule has 0 radical (unpaired) electrons. The number of carbonyl (C=O) groups is 1. The maximum atomic E-state index is 12.4. The van der Waals surface area contributed by atoms with E-state index in [1.165, 1.54) is 17.6 Å².